The van der Waals surface area contributed by atoms with Crippen molar-refractivity contribution in [1.29, 1.82) is 0 Å². The highest BCUT2D eigenvalue weighted by molar-refractivity contribution is 9.10. The predicted octanol–water partition coefficient (Wildman–Crippen LogP) is 3.64. The third-order valence-electron chi connectivity index (χ3n) is 3.13. The summed E-state index contributed by atoms with van der Waals surface area (Å²) in [5.74, 6) is 5.39. The molecule has 1 atom stereocenters. The van der Waals surface area contributed by atoms with Crippen molar-refractivity contribution in [2.24, 2.45) is 5.84 Å². The van der Waals surface area contributed by atoms with Crippen molar-refractivity contribution in [3.05, 3.63) is 69.4 Å². The molecule has 0 aliphatic heterocycles. The Labute approximate surface area is 120 Å². The van der Waals surface area contributed by atoms with Crippen LogP contribution in [-0.2, 0) is 6.42 Å². The summed E-state index contributed by atoms with van der Waals surface area (Å²) in [5.41, 5.74) is 5.38. The van der Waals surface area contributed by atoms with Gasteiger partial charge in [-0.25, -0.2) is 4.39 Å². The highest BCUT2D eigenvalue weighted by Crippen LogP contribution is 2.21. The minimum Gasteiger partial charge on any atom is -0.271 e. The lowest BCUT2D eigenvalue weighted by Crippen LogP contribution is -2.29. The molecule has 2 aromatic carbocycles. The molecule has 0 bridgehead atoms. The number of nitrogens with two attached hydrogens (primary N) is 1. The summed E-state index contributed by atoms with van der Waals surface area (Å²) in [7, 11) is 0. The van der Waals surface area contributed by atoms with Crippen LogP contribution in [0.1, 0.15) is 22.7 Å². The van der Waals surface area contributed by atoms with Gasteiger partial charge in [0.05, 0.1) is 6.04 Å². The van der Waals surface area contributed by atoms with Gasteiger partial charge < -0.3 is 0 Å². The molecule has 1 unspecified atom stereocenters. The fraction of sp³-hybridized carbons (Fsp3) is 0.200. The Morgan fingerprint density at radius 3 is 2.68 bits per heavy atom. The number of hydrogen-bond donors (Lipinski definition) is 2. The van der Waals surface area contributed by atoms with Crippen LogP contribution in [0.2, 0.25) is 0 Å². The quantitative estimate of drug-likeness (QED) is 0.666. The van der Waals surface area contributed by atoms with Crippen molar-refractivity contribution < 1.29 is 4.39 Å². The number of hydrogen-bond acceptors (Lipinski definition) is 2. The number of aryl methyl sites for hydroxylation is 1. The maximum absolute atomic E-state index is 13.6. The molecule has 0 aliphatic rings. The lowest BCUT2D eigenvalue weighted by Gasteiger charge is -2.17. The molecule has 100 valence electrons. The molecule has 3 N–H and O–H groups in total. The Morgan fingerprint density at radius 1 is 1.26 bits per heavy atom. The molecule has 0 saturated carbocycles. The van der Waals surface area contributed by atoms with Crippen LogP contribution >= 0.6 is 15.9 Å². The monoisotopic (exact) mass is 322 g/mol. The van der Waals surface area contributed by atoms with Crippen LogP contribution in [-0.4, -0.2) is 0 Å². The van der Waals surface area contributed by atoms with Crippen molar-refractivity contribution in [3.63, 3.8) is 0 Å². The summed E-state index contributed by atoms with van der Waals surface area (Å²) in [5, 5.41) is 0. The fourth-order valence-corrected chi connectivity index (χ4v) is 2.45. The van der Waals surface area contributed by atoms with Gasteiger partial charge in [0, 0.05) is 4.47 Å². The van der Waals surface area contributed by atoms with E-state index in [1.54, 1.807) is 13.0 Å². The van der Waals surface area contributed by atoms with E-state index in [-0.39, 0.29) is 11.9 Å². The van der Waals surface area contributed by atoms with Crippen molar-refractivity contribution in [1.82, 2.24) is 5.43 Å². The molecule has 19 heavy (non-hydrogen) atoms. The number of halogens is 2. The van der Waals surface area contributed by atoms with E-state index in [4.69, 9.17) is 5.84 Å². The molecular formula is C15H16BrFN2. The van der Waals surface area contributed by atoms with E-state index >= 15 is 0 Å². The van der Waals surface area contributed by atoms with Crippen LogP contribution < -0.4 is 11.3 Å². The topological polar surface area (TPSA) is 38.0 Å². The van der Waals surface area contributed by atoms with E-state index < -0.39 is 0 Å². The third kappa shape index (κ3) is 3.62. The lowest BCUT2D eigenvalue weighted by molar-refractivity contribution is 0.543. The van der Waals surface area contributed by atoms with E-state index in [9.17, 15) is 4.39 Å². The molecule has 0 saturated heterocycles. The molecule has 2 rings (SSSR count). The zero-order chi connectivity index (χ0) is 13.8. The molecular weight excluding hydrogens is 307 g/mol. The molecule has 0 aliphatic carbocycles. The van der Waals surface area contributed by atoms with E-state index in [0.717, 1.165) is 15.6 Å². The zero-order valence-corrected chi connectivity index (χ0v) is 12.2. The van der Waals surface area contributed by atoms with Gasteiger partial charge in [0.2, 0.25) is 0 Å². The predicted molar refractivity (Wildman–Crippen MR) is 79.0 cm³/mol. The van der Waals surface area contributed by atoms with Gasteiger partial charge in [-0.05, 0) is 48.2 Å². The minimum atomic E-state index is -0.202. The van der Waals surface area contributed by atoms with Gasteiger partial charge in [0.25, 0.3) is 0 Å². The second-order valence-corrected chi connectivity index (χ2v) is 5.48. The SMILES string of the molecule is Cc1ccc(C(Cc2cccc(Br)c2)NN)cc1F. The first-order chi connectivity index (χ1) is 9.10. The van der Waals surface area contributed by atoms with Gasteiger partial charge in [0.15, 0.2) is 0 Å². The summed E-state index contributed by atoms with van der Waals surface area (Å²) in [4.78, 5) is 0. The summed E-state index contributed by atoms with van der Waals surface area (Å²) in [6.07, 6.45) is 0.707. The zero-order valence-electron chi connectivity index (χ0n) is 10.7. The van der Waals surface area contributed by atoms with Crippen LogP contribution in [0.25, 0.3) is 0 Å². The van der Waals surface area contributed by atoms with Gasteiger partial charge in [-0.2, -0.15) is 0 Å². The molecule has 0 heterocycles. The molecule has 0 fully saturated rings. The van der Waals surface area contributed by atoms with Crippen molar-refractivity contribution >= 4 is 15.9 Å². The van der Waals surface area contributed by atoms with Crippen molar-refractivity contribution in [2.45, 2.75) is 19.4 Å². The first-order valence-corrected chi connectivity index (χ1v) is 6.86. The Morgan fingerprint density at radius 2 is 2.05 bits per heavy atom. The summed E-state index contributed by atoms with van der Waals surface area (Å²) in [6.45, 7) is 1.75. The molecule has 0 radical (unpaired) electrons. The molecule has 4 heteroatoms. The highest BCUT2D eigenvalue weighted by atomic mass is 79.9. The first-order valence-electron chi connectivity index (χ1n) is 6.07. The maximum Gasteiger partial charge on any atom is 0.126 e. The van der Waals surface area contributed by atoms with Crippen LogP contribution in [0.4, 0.5) is 4.39 Å². The minimum absolute atomic E-state index is 0.107. The normalized spacial score (nSPS) is 12.4. The number of nitrogens with one attached hydrogen (secondary N) is 1. The van der Waals surface area contributed by atoms with Gasteiger partial charge in [-0.3, -0.25) is 11.3 Å². The molecule has 2 nitrogen and oxygen atoms in total. The number of rotatable bonds is 4. The summed E-state index contributed by atoms with van der Waals surface area (Å²) in [6, 6.07) is 13.1. The largest absolute Gasteiger partial charge is 0.271 e. The third-order valence-corrected chi connectivity index (χ3v) is 3.62. The second kappa shape index (κ2) is 6.28. The molecule has 2 aromatic rings. The molecule has 0 spiro atoms. The Bertz CT molecular complexity index is 572. The first kappa shape index (κ1) is 14.2. The van der Waals surface area contributed by atoms with E-state index in [1.165, 1.54) is 6.07 Å². The van der Waals surface area contributed by atoms with E-state index in [2.05, 4.69) is 21.4 Å². The van der Waals surface area contributed by atoms with Gasteiger partial charge in [0.1, 0.15) is 5.82 Å². The summed E-state index contributed by atoms with van der Waals surface area (Å²) >= 11 is 3.44. The van der Waals surface area contributed by atoms with Gasteiger partial charge in [-0.1, -0.05) is 40.2 Å². The highest BCUT2D eigenvalue weighted by Gasteiger charge is 2.12. The van der Waals surface area contributed by atoms with Crippen LogP contribution in [0.15, 0.2) is 46.9 Å². The van der Waals surface area contributed by atoms with Crippen LogP contribution in [0.5, 0.6) is 0 Å². The van der Waals surface area contributed by atoms with Crippen molar-refractivity contribution in [3.8, 4) is 0 Å². The lowest BCUT2D eigenvalue weighted by atomic mass is 9.98. The maximum atomic E-state index is 13.6. The van der Waals surface area contributed by atoms with E-state index in [0.29, 0.717) is 12.0 Å². The van der Waals surface area contributed by atoms with E-state index in [1.807, 2.05) is 30.3 Å². The fourth-order valence-electron chi connectivity index (χ4n) is 2.00. The smallest absolute Gasteiger partial charge is 0.126 e. The second-order valence-electron chi connectivity index (χ2n) is 4.56. The van der Waals surface area contributed by atoms with Gasteiger partial charge in [-0.15, -0.1) is 0 Å². The van der Waals surface area contributed by atoms with Crippen molar-refractivity contribution in [2.75, 3.05) is 0 Å². The standard InChI is InChI=1S/C15H16BrFN2/c1-10-5-6-12(9-14(10)17)15(19-18)8-11-3-2-4-13(16)7-11/h2-7,9,15,19H,8,18H2,1H3. The Hall–Kier alpha value is -1.23. The average Bonchev–Trinajstić information content (AvgIpc) is 2.39. The summed E-state index contributed by atoms with van der Waals surface area (Å²) < 4.78 is 14.6. The Balaban J connectivity index is 2.22. The number of benzene rings is 2. The molecule has 0 aromatic heterocycles. The van der Waals surface area contributed by atoms with Crippen LogP contribution in [0, 0.1) is 12.7 Å². The number of hydrazine groups is 1. The average molecular weight is 323 g/mol. The Kier molecular flexibility index (Phi) is 4.69. The van der Waals surface area contributed by atoms with Gasteiger partial charge >= 0.3 is 0 Å². The molecule has 0 amide bonds. The van der Waals surface area contributed by atoms with Crippen LogP contribution in [0.3, 0.4) is 0 Å².